The van der Waals surface area contributed by atoms with Crippen molar-refractivity contribution in [3.63, 3.8) is 0 Å². The van der Waals surface area contributed by atoms with E-state index in [0.717, 1.165) is 25.7 Å². The first-order valence-electron chi connectivity index (χ1n) is 6.69. The smallest absolute Gasteiger partial charge is 0.326 e. The van der Waals surface area contributed by atoms with Crippen LogP contribution >= 0.6 is 0 Å². The van der Waals surface area contributed by atoms with Gasteiger partial charge in [-0.3, -0.25) is 4.79 Å². The molecule has 1 unspecified atom stereocenters. The van der Waals surface area contributed by atoms with Crippen molar-refractivity contribution in [2.24, 2.45) is 0 Å². The minimum Gasteiger partial charge on any atom is -0.480 e. The van der Waals surface area contributed by atoms with Gasteiger partial charge in [-0.05, 0) is 25.8 Å². The number of carbonyl (C=O) groups is 2. The second kappa shape index (κ2) is 5.91. The first-order valence-corrected chi connectivity index (χ1v) is 6.69. The van der Waals surface area contributed by atoms with Crippen LogP contribution < -0.4 is 0 Å². The van der Waals surface area contributed by atoms with Gasteiger partial charge in [0.15, 0.2) is 0 Å². The number of carboxylic acids is 1. The van der Waals surface area contributed by atoms with Crippen LogP contribution in [0, 0.1) is 6.92 Å². The van der Waals surface area contributed by atoms with Gasteiger partial charge in [0.2, 0.25) is 0 Å². The number of hydrogen-bond acceptors (Lipinski definition) is 3. The van der Waals surface area contributed by atoms with Crippen LogP contribution in [-0.2, 0) is 4.79 Å². The van der Waals surface area contributed by atoms with E-state index in [1.807, 2.05) is 0 Å². The molecule has 1 saturated heterocycles. The summed E-state index contributed by atoms with van der Waals surface area (Å²) in [7, 11) is 0. The Morgan fingerprint density at radius 2 is 2.05 bits per heavy atom. The van der Waals surface area contributed by atoms with Crippen molar-refractivity contribution in [2.75, 3.05) is 6.54 Å². The van der Waals surface area contributed by atoms with Gasteiger partial charge in [-0.15, -0.1) is 0 Å². The van der Waals surface area contributed by atoms with E-state index in [-0.39, 0.29) is 5.91 Å². The lowest BCUT2D eigenvalue weighted by atomic mass is 10.0. The Labute approximate surface area is 112 Å². The number of likely N-dealkylation sites (tertiary alicyclic amines) is 1. The van der Waals surface area contributed by atoms with Crippen LogP contribution in [0.25, 0.3) is 0 Å². The zero-order chi connectivity index (χ0) is 13.8. The molecule has 0 aliphatic carbocycles. The van der Waals surface area contributed by atoms with Gasteiger partial charge in [0, 0.05) is 6.54 Å². The molecule has 0 saturated carbocycles. The Bertz CT molecular complexity index is 466. The fraction of sp³-hybridized carbons (Fsp3) is 0.571. The van der Waals surface area contributed by atoms with Crippen LogP contribution in [0.2, 0.25) is 0 Å². The van der Waals surface area contributed by atoms with Gasteiger partial charge in [-0.25, -0.2) is 4.79 Å². The molecule has 1 atom stereocenters. The van der Waals surface area contributed by atoms with Crippen molar-refractivity contribution in [2.45, 2.75) is 45.1 Å². The first-order chi connectivity index (χ1) is 9.11. The second-order valence-corrected chi connectivity index (χ2v) is 4.95. The van der Waals surface area contributed by atoms with E-state index in [4.69, 9.17) is 4.42 Å². The van der Waals surface area contributed by atoms with Crippen LogP contribution in [-0.4, -0.2) is 34.5 Å². The fourth-order valence-electron chi connectivity index (χ4n) is 2.55. The monoisotopic (exact) mass is 265 g/mol. The molecule has 104 valence electrons. The molecule has 1 aliphatic rings. The number of furan rings is 1. The largest absolute Gasteiger partial charge is 0.480 e. The van der Waals surface area contributed by atoms with Crippen LogP contribution in [0.15, 0.2) is 16.7 Å². The topological polar surface area (TPSA) is 70.8 Å². The predicted octanol–water partition coefficient (Wildman–Crippen LogP) is 2.45. The molecule has 1 aromatic heterocycles. The molecule has 0 aromatic carbocycles. The standard InChI is InChI=1S/C14H19NO4/c1-10-11(7-9-19-10)13(16)15-8-5-3-2-4-6-12(15)14(17)18/h7,9,12H,2-6,8H2,1H3,(H,17,18). The summed E-state index contributed by atoms with van der Waals surface area (Å²) >= 11 is 0. The van der Waals surface area contributed by atoms with E-state index in [1.165, 1.54) is 11.2 Å². The molecule has 19 heavy (non-hydrogen) atoms. The predicted molar refractivity (Wildman–Crippen MR) is 69.0 cm³/mol. The first kappa shape index (κ1) is 13.6. The molecule has 5 nitrogen and oxygen atoms in total. The zero-order valence-electron chi connectivity index (χ0n) is 11.1. The molecule has 0 radical (unpaired) electrons. The average molecular weight is 265 g/mol. The highest BCUT2D eigenvalue weighted by Gasteiger charge is 2.31. The molecular weight excluding hydrogens is 246 g/mol. The van der Waals surface area contributed by atoms with E-state index < -0.39 is 12.0 Å². The number of carbonyl (C=O) groups excluding carboxylic acids is 1. The number of carboxylic acid groups (broad SMARTS) is 1. The van der Waals surface area contributed by atoms with E-state index in [0.29, 0.717) is 24.3 Å². The molecule has 1 aliphatic heterocycles. The van der Waals surface area contributed by atoms with E-state index in [9.17, 15) is 14.7 Å². The van der Waals surface area contributed by atoms with Gasteiger partial charge in [0.1, 0.15) is 11.8 Å². The molecular formula is C14H19NO4. The second-order valence-electron chi connectivity index (χ2n) is 4.95. The minimum atomic E-state index is -0.920. The SMILES string of the molecule is Cc1occc1C(=O)N1CCCCCCC1C(=O)O. The minimum absolute atomic E-state index is 0.236. The summed E-state index contributed by atoms with van der Waals surface area (Å²) in [6.45, 7) is 2.22. The number of nitrogens with zero attached hydrogens (tertiary/aromatic N) is 1. The lowest BCUT2D eigenvalue weighted by Gasteiger charge is -2.30. The van der Waals surface area contributed by atoms with Crippen LogP contribution in [0.1, 0.15) is 48.2 Å². The summed E-state index contributed by atoms with van der Waals surface area (Å²) in [5.41, 5.74) is 0.465. The maximum atomic E-state index is 12.5. The molecule has 2 rings (SSSR count). The normalized spacial score (nSPS) is 20.7. The fourth-order valence-corrected chi connectivity index (χ4v) is 2.55. The van der Waals surface area contributed by atoms with Gasteiger partial charge >= 0.3 is 5.97 Å². The lowest BCUT2D eigenvalue weighted by Crippen LogP contribution is -2.46. The third kappa shape index (κ3) is 2.97. The van der Waals surface area contributed by atoms with Crippen molar-refractivity contribution in [3.05, 3.63) is 23.7 Å². The third-order valence-corrected chi connectivity index (χ3v) is 3.64. The molecule has 0 spiro atoms. The highest BCUT2D eigenvalue weighted by Crippen LogP contribution is 2.21. The molecule has 1 N–H and O–H groups in total. The van der Waals surface area contributed by atoms with Gasteiger partial charge < -0.3 is 14.4 Å². The van der Waals surface area contributed by atoms with Crippen molar-refractivity contribution in [1.29, 1.82) is 0 Å². The van der Waals surface area contributed by atoms with E-state index in [1.54, 1.807) is 13.0 Å². The molecule has 1 fully saturated rings. The van der Waals surface area contributed by atoms with Gasteiger partial charge in [0.25, 0.3) is 5.91 Å². The molecule has 1 amide bonds. The number of rotatable bonds is 2. The molecule has 1 aromatic rings. The Kier molecular flexibility index (Phi) is 4.24. The van der Waals surface area contributed by atoms with E-state index in [2.05, 4.69) is 0 Å². The zero-order valence-corrected chi connectivity index (χ0v) is 11.1. The summed E-state index contributed by atoms with van der Waals surface area (Å²) in [6, 6.07) is 0.886. The van der Waals surface area contributed by atoms with Crippen molar-refractivity contribution in [1.82, 2.24) is 4.90 Å². The number of hydrogen-bond donors (Lipinski definition) is 1. The van der Waals surface area contributed by atoms with Crippen molar-refractivity contribution >= 4 is 11.9 Å². The lowest BCUT2D eigenvalue weighted by molar-refractivity contribution is -0.142. The number of aryl methyl sites for hydroxylation is 1. The quantitative estimate of drug-likeness (QED) is 0.891. The van der Waals surface area contributed by atoms with Crippen molar-refractivity contribution < 1.29 is 19.1 Å². The molecule has 0 bridgehead atoms. The number of aliphatic carboxylic acids is 1. The Hall–Kier alpha value is -1.78. The van der Waals surface area contributed by atoms with Crippen LogP contribution in [0.4, 0.5) is 0 Å². The summed E-state index contributed by atoms with van der Waals surface area (Å²) in [4.78, 5) is 25.3. The Balaban J connectivity index is 2.24. The summed E-state index contributed by atoms with van der Waals surface area (Å²) in [5, 5.41) is 9.32. The third-order valence-electron chi connectivity index (χ3n) is 3.64. The highest BCUT2D eigenvalue weighted by molar-refractivity contribution is 5.97. The average Bonchev–Trinajstić information content (AvgIpc) is 2.74. The summed E-state index contributed by atoms with van der Waals surface area (Å²) < 4.78 is 5.13. The van der Waals surface area contributed by atoms with Gasteiger partial charge in [-0.2, -0.15) is 0 Å². The maximum absolute atomic E-state index is 12.5. The number of amides is 1. The van der Waals surface area contributed by atoms with E-state index >= 15 is 0 Å². The van der Waals surface area contributed by atoms with Crippen LogP contribution in [0.5, 0.6) is 0 Å². The molecule has 5 heteroatoms. The van der Waals surface area contributed by atoms with Gasteiger partial charge in [0.05, 0.1) is 11.8 Å². The maximum Gasteiger partial charge on any atom is 0.326 e. The van der Waals surface area contributed by atoms with Crippen molar-refractivity contribution in [3.8, 4) is 0 Å². The van der Waals surface area contributed by atoms with Gasteiger partial charge in [-0.1, -0.05) is 19.3 Å². The van der Waals surface area contributed by atoms with Crippen LogP contribution in [0.3, 0.4) is 0 Å². The Morgan fingerprint density at radius 3 is 2.68 bits per heavy atom. The molecule has 2 heterocycles. The highest BCUT2D eigenvalue weighted by atomic mass is 16.4. The Morgan fingerprint density at radius 1 is 1.32 bits per heavy atom. The summed E-state index contributed by atoms with van der Waals surface area (Å²) in [5.74, 6) is -0.617. The summed E-state index contributed by atoms with van der Waals surface area (Å²) in [6.07, 6.45) is 5.77.